The molecule has 0 saturated carbocycles. The Bertz CT molecular complexity index is 1010. The van der Waals surface area contributed by atoms with E-state index in [1.807, 2.05) is 36.4 Å². The Labute approximate surface area is 157 Å². The van der Waals surface area contributed by atoms with Crippen LogP contribution in [0.5, 0.6) is 23.0 Å². The molecule has 1 N–H and O–H groups in total. The van der Waals surface area contributed by atoms with Gasteiger partial charge in [0.05, 0.1) is 34.1 Å². The molecule has 1 heterocycles. The van der Waals surface area contributed by atoms with E-state index >= 15 is 0 Å². The summed E-state index contributed by atoms with van der Waals surface area (Å²) >= 11 is 0. The first-order valence-corrected chi connectivity index (χ1v) is 8.28. The van der Waals surface area contributed by atoms with E-state index < -0.39 is 0 Å². The maximum atomic E-state index is 12.3. The van der Waals surface area contributed by atoms with Gasteiger partial charge in [0.15, 0.2) is 11.5 Å². The molecular formula is C21H21NO5. The van der Waals surface area contributed by atoms with E-state index in [0.717, 1.165) is 16.7 Å². The van der Waals surface area contributed by atoms with Crippen LogP contribution in [0.3, 0.4) is 0 Å². The second-order valence-corrected chi connectivity index (χ2v) is 5.78. The van der Waals surface area contributed by atoms with Gasteiger partial charge in [0.1, 0.15) is 11.5 Å². The quantitative estimate of drug-likeness (QED) is 0.719. The molecule has 0 saturated heterocycles. The monoisotopic (exact) mass is 367 g/mol. The van der Waals surface area contributed by atoms with Gasteiger partial charge in [-0.25, -0.2) is 0 Å². The molecule has 2 aromatic carbocycles. The minimum Gasteiger partial charge on any atom is -0.497 e. The molecule has 0 aliphatic rings. The zero-order valence-corrected chi connectivity index (χ0v) is 15.7. The summed E-state index contributed by atoms with van der Waals surface area (Å²) in [6.07, 6.45) is 0. The fraction of sp³-hybridized carbons (Fsp3) is 0.190. The largest absolute Gasteiger partial charge is 0.497 e. The minimum atomic E-state index is -0.213. The molecule has 6 heteroatoms. The summed E-state index contributed by atoms with van der Waals surface area (Å²) < 4.78 is 21.3. The Morgan fingerprint density at radius 1 is 0.667 bits per heavy atom. The van der Waals surface area contributed by atoms with Crippen molar-refractivity contribution in [3.05, 3.63) is 58.9 Å². The number of aromatic nitrogens is 1. The molecule has 6 nitrogen and oxygen atoms in total. The number of ether oxygens (including phenoxy) is 4. The molecule has 0 fully saturated rings. The van der Waals surface area contributed by atoms with Gasteiger partial charge >= 0.3 is 0 Å². The maximum absolute atomic E-state index is 12.3. The molecule has 3 aromatic rings. The summed E-state index contributed by atoms with van der Waals surface area (Å²) in [5.41, 5.74) is 2.79. The van der Waals surface area contributed by atoms with E-state index in [0.29, 0.717) is 28.7 Å². The summed E-state index contributed by atoms with van der Waals surface area (Å²) in [6, 6.07) is 14.4. The predicted octanol–water partition coefficient (Wildman–Crippen LogP) is 3.74. The zero-order chi connectivity index (χ0) is 19.4. The van der Waals surface area contributed by atoms with Crippen molar-refractivity contribution in [2.75, 3.05) is 28.4 Å². The van der Waals surface area contributed by atoms with Crippen molar-refractivity contribution in [1.29, 1.82) is 0 Å². The standard InChI is InChI=1S/C21H21NO5/c1-24-15-6-7-16(19(12-15)26-3)17-9-14(11-21(23)22-17)13-5-8-18(25-2)20(10-13)27-4/h5-12H,1-4H3,(H,22,23). The number of rotatable bonds is 6. The Morgan fingerprint density at radius 2 is 1.41 bits per heavy atom. The molecule has 0 amide bonds. The lowest BCUT2D eigenvalue weighted by atomic mass is 10.0. The van der Waals surface area contributed by atoms with E-state index in [-0.39, 0.29) is 5.56 Å². The highest BCUT2D eigenvalue weighted by Crippen LogP contribution is 2.35. The van der Waals surface area contributed by atoms with Crippen LogP contribution in [0.2, 0.25) is 0 Å². The third-order valence-corrected chi connectivity index (χ3v) is 4.26. The average Bonchev–Trinajstić information content (AvgIpc) is 2.72. The van der Waals surface area contributed by atoms with Gasteiger partial charge < -0.3 is 23.9 Å². The molecule has 140 valence electrons. The summed E-state index contributed by atoms with van der Waals surface area (Å²) in [4.78, 5) is 15.1. The van der Waals surface area contributed by atoms with Crippen LogP contribution in [0.1, 0.15) is 0 Å². The van der Waals surface area contributed by atoms with Gasteiger partial charge in [-0.2, -0.15) is 0 Å². The predicted molar refractivity (Wildman–Crippen MR) is 104 cm³/mol. The Kier molecular flexibility index (Phi) is 5.35. The Morgan fingerprint density at radius 3 is 2.07 bits per heavy atom. The average molecular weight is 367 g/mol. The first-order valence-electron chi connectivity index (χ1n) is 8.28. The van der Waals surface area contributed by atoms with Gasteiger partial charge in [0.2, 0.25) is 5.56 Å². The lowest BCUT2D eigenvalue weighted by Crippen LogP contribution is -2.06. The molecule has 1 aromatic heterocycles. The van der Waals surface area contributed by atoms with E-state index in [2.05, 4.69) is 4.98 Å². The van der Waals surface area contributed by atoms with Gasteiger partial charge in [-0.15, -0.1) is 0 Å². The fourth-order valence-electron chi connectivity index (χ4n) is 2.89. The SMILES string of the molecule is COc1ccc(-c2cc(-c3ccc(OC)c(OC)c3)cc(=O)[nH]2)c(OC)c1. The normalized spacial score (nSPS) is 10.4. The molecule has 0 unspecified atom stereocenters. The Hall–Kier alpha value is -3.41. The van der Waals surface area contributed by atoms with Gasteiger partial charge in [-0.1, -0.05) is 6.07 Å². The van der Waals surface area contributed by atoms with Crippen LogP contribution in [-0.4, -0.2) is 33.4 Å². The number of pyridine rings is 1. The maximum Gasteiger partial charge on any atom is 0.249 e. The van der Waals surface area contributed by atoms with Crippen LogP contribution in [-0.2, 0) is 0 Å². The van der Waals surface area contributed by atoms with Crippen LogP contribution >= 0.6 is 0 Å². The molecule has 0 aliphatic carbocycles. The first kappa shape index (κ1) is 18.4. The smallest absolute Gasteiger partial charge is 0.249 e. The third-order valence-electron chi connectivity index (χ3n) is 4.26. The number of methoxy groups -OCH3 is 4. The molecule has 0 bridgehead atoms. The number of H-pyrrole nitrogens is 1. The van der Waals surface area contributed by atoms with Gasteiger partial charge in [-0.05, 0) is 41.5 Å². The first-order chi connectivity index (χ1) is 13.1. The van der Waals surface area contributed by atoms with Crippen molar-refractivity contribution in [2.24, 2.45) is 0 Å². The molecular weight excluding hydrogens is 346 g/mol. The highest BCUT2D eigenvalue weighted by Gasteiger charge is 2.12. The lowest BCUT2D eigenvalue weighted by Gasteiger charge is -2.13. The van der Waals surface area contributed by atoms with Crippen LogP contribution in [0.4, 0.5) is 0 Å². The third kappa shape index (κ3) is 3.74. The van der Waals surface area contributed by atoms with Crippen molar-refractivity contribution >= 4 is 0 Å². The van der Waals surface area contributed by atoms with Crippen molar-refractivity contribution in [3.8, 4) is 45.4 Å². The second-order valence-electron chi connectivity index (χ2n) is 5.78. The van der Waals surface area contributed by atoms with Crippen molar-refractivity contribution in [2.45, 2.75) is 0 Å². The van der Waals surface area contributed by atoms with E-state index in [1.54, 1.807) is 40.6 Å². The highest BCUT2D eigenvalue weighted by atomic mass is 16.5. The molecule has 27 heavy (non-hydrogen) atoms. The zero-order valence-electron chi connectivity index (χ0n) is 15.7. The van der Waals surface area contributed by atoms with Gasteiger partial charge in [-0.3, -0.25) is 4.79 Å². The van der Waals surface area contributed by atoms with E-state index in [9.17, 15) is 4.79 Å². The Balaban J connectivity index is 2.12. The lowest BCUT2D eigenvalue weighted by molar-refractivity contribution is 0.355. The summed E-state index contributed by atoms with van der Waals surface area (Å²) in [6.45, 7) is 0. The summed E-state index contributed by atoms with van der Waals surface area (Å²) in [7, 11) is 6.33. The van der Waals surface area contributed by atoms with Crippen LogP contribution in [0, 0.1) is 0 Å². The van der Waals surface area contributed by atoms with Gasteiger partial charge in [0, 0.05) is 17.7 Å². The number of aromatic amines is 1. The van der Waals surface area contributed by atoms with Crippen molar-refractivity contribution in [3.63, 3.8) is 0 Å². The minimum absolute atomic E-state index is 0.213. The molecule has 0 aliphatic heterocycles. The molecule has 0 atom stereocenters. The number of hydrogen-bond donors (Lipinski definition) is 1. The topological polar surface area (TPSA) is 69.8 Å². The van der Waals surface area contributed by atoms with Crippen molar-refractivity contribution < 1.29 is 18.9 Å². The van der Waals surface area contributed by atoms with Crippen LogP contribution in [0.25, 0.3) is 22.4 Å². The van der Waals surface area contributed by atoms with Gasteiger partial charge in [0.25, 0.3) is 0 Å². The summed E-state index contributed by atoms with van der Waals surface area (Å²) in [5, 5.41) is 0. The molecule has 0 spiro atoms. The molecule has 0 radical (unpaired) electrons. The van der Waals surface area contributed by atoms with Crippen LogP contribution < -0.4 is 24.5 Å². The van der Waals surface area contributed by atoms with E-state index in [4.69, 9.17) is 18.9 Å². The van der Waals surface area contributed by atoms with E-state index in [1.165, 1.54) is 0 Å². The number of benzene rings is 2. The van der Waals surface area contributed by atoms with Crippen LogP contribution in [0.15, 0.2) is 53.3 Å². The second kappa shape index (κ2) is 7.86. The highest BCUT2D eigenvalue weighted by molar-refractivity contribution is 5.75. The number of nitrogens with one attached hydrogen (secondary N) is 1. The number of hydrogen-bond acceptors (Lipinski definition) is 5. The molecule has 3 rings (SSSR count). The fourth-order valence-corrected chi connectivity index (χ4v) is 2.89. The van der Waals surface area contributed by atoms with Crippen molar-refractivity contribution in [1.82, 2.24) is 4.98 Å². The summed E-state index contributed by atoms with van der Waals surface area (Å²) in [5.74, 6) is 2.51.